The molecular formula is C21H26FN3O4. The maximum atomic E-state index is 13.2. The molecule has 0 spiro atoms. The summed E-state index contributed by atoms with van der Waals surface area (Å²) in [6.07, 6.45) is -0.205. The minimum atomic E-state index is -0.425. The monoisotopic (exact) mass is 403 g/mol. The van der Waals surface area contributed by atoms with E-state index in [0.717, 1.165) is 5.56 Å². The molecule has 1 saturated heterocycles. The van der Waals surface area contributed by atoms with Crippen molar-refractivity contribution in [2.24, 2.45) is 4.99 Å². The fraction of sp³-hybridized carbons (Fsp3) is 0.429. The number of carbonyl (C=O) groups excluding carboxylic acids is 1. The van der Waals surface area contributed by atoms with E-state index in [1.54, 1.807) is 32.2 Å². The first kappa shape index (κ1) is 20.9. The molecule has 8 heteroatoms. The summed E-state index contributed by atoms with van der Waals surface area (Å²) in [5.74, 6) is 1.12. The van der Waals surface area contributed by atoms with Gasteiger partial charge in [-0.05, 0) is 37.6 Å². The third-order valence-electron chi connectivity index (χ3n) is 4.81. The lowest BCUT2D eigenvalue weighted by molar-refractivity contribution is -0.0605. The average Bonchev–Trinajstić information content (AvgIpc) is 3.08. The summed E-state index contributed by atoms with van der Waals surface area (Å²) in [5, 5.41) is 3.27. The standard InChI is InChI=1S/C21H26FN3O4/c1-13-11-25(12-19(28-13)15-5-7-16(22)8-6-15)21(23-3)24-10-17-9-18(14(2)29-17)20(26)27-4/h5-9,13,19H,10-12H2,1-4H3,(H,23,24). The molecular weight excluding hydrogens is 377 g/mol. The molecule has 156 valence electrons. The van der Waals surface area contributed by atoms with Crippen molar-refractivity contribution in [3.63, 3.8) is 0 Å². The molecule has 7 nitrogen and oxygen atoms in total. The number of hydrogen-bond donors (Lipinski definition) is 1. The van der Waals surface area contributed by atoms with E-state index >= 15 is 0 Å². The van der Waals surface area contributed by atoms with Gasteiger partial charge in [-0.25, -0.2) is 9.18 Å². The van der Waals surface area contributed by atoms with Gasteiger partial charge in [-0.2, -0.15) is 0 Å². The van der Waals surface area contributed by atoms with Crippen LogP contribution in [-0.4, -0.2) is 50.2 Å². The summed E-state index contributed by atoms with van der Waals surface area (Å²) in [5.41, 5.74) is 1.33. The van der Waals surface area contributed by atoms with Crippen molar-refractivity contribution in [1.29, 1.82) is 0 Å². The van der Waals surface area contributed by atoms with Gasteiger partial charge in [-0.15, -0.1) is 0 Å². The van der Waals surface area contributed by atoms with E-state index < -0.39 is 5.97 Å². The molecule has 0 radical (unpaired) electrons. The van der Waals surface area contributed by atoms with E-state index in [-0.39, 0.29) is 18.0 Å². The minimum Gasteiger partial charge on any atom is -0.465 e. The van der Waals surface area contributed by atoms with Crippen molar-refractivity contribution in [2.75, 3.05) is 27.2 Å². The number of hydrogen-bond acceptors (Lipinski definition) is 5. The maximum absolute atomic E-state index is 13.2. The first-order valence-electron chi connectivity index (χ1n) is 9.45. The Balaban J connectivity index is 1.67. The molecule has 29 heavy (non-hydrogen) atoms. The number of nitrogens with one attached hydrogen (secondary N) is 1. The molecule has 1 N–H and O–H groups in total. The number of carbonyl (C=O) groups is 1. The Morgan fingerprint density at radius 1 is 1.34 bits per heavy atom. The van der Waals surface area contributed by atoms with Crippen LogP contribution in [0.3, 0.4) is 0 Å². The van der Waals surface area contributed by atoms with Crippen molar-refractivity contribution in [3.8, 4) is 0 Å². The van der Waals surface area contributed by atoms with E-state index in [4.69, 9.17) is 13.9 Å². The third kappa shape index (κ3) is 4.95. The predicted octanol–water partition coefficient (Wildman–Crippen LogP) is 3.05. The number of guanidine groups is 1. The number of benzene rings is 1. The van der Waals surface area contributed by atoms with Gasteiger partial charge >= 0.3 is 5.97 Å². The van der Waals surface area contributed by atoms with Crippen LogP contribution in [0.4, 0.5) is 4.39 Å². The largest absolute Gasteiger partial charge is 0.465 e. The maximum Gasteiger partial charge on any atom is 0.341 e. The minimum absolute atomic E-state index is 0.0193. The average molecular weight is 403 g/mol. The van der Waals surface area contributed by atoms with Gasteiger partial charge in [0.05, 0.1) is 26.3 Å². The van der Waals surface area contributed by atoms with Crippen molar-refractivity contribution in [1.82, 2.24) is 10.2 Å². The van der Waals surface area contributed by atoms with Crippen LogP contribution in [0.2, 0.25) is 0 Å². The lowest BCUT2D eigenvalue weighted by Gasteiger charge is -2.38. The van der Waals surface area contributed by atoms with Crippen LogP contribution >= 0.6 is 0 Å². The van der Waals surface area contributed by atoms with Gasteiger partial charge in [0, 0.05) is 13.6 Å². The molecule has 0 aliphatic carbocycles. The Morgan fingerprint density at radius 2 is 2.07 bits per heavy atom. The van der Waals surface area contributed by atoms with Crippen LogP contribution in [0.25, 0.3) is 0 Å². The normalized spacial score (nSPS) is 19.9. The molecule has 2 atom stereocenters. The highest BCUT2D eigenvalue weighted by Crippen LogP contribution is 2.25. The molecule has 3 rings (SSSR count). The van der Waals surface area contributed by atoms with Crippen LogP contribution in [0, 0.1) is 12.7 Å². The number of methoxy groups -OCH3 is 1. The molecule has 0 bridgehead atoms. The van der Waals surface area contributed by atoms with Crippen LogP contribution in [0.1, 0.15) is 40.5 Å². The fourth-order valence-corrected chi connectivity index (χ4v) is 3.43. The summed E-state index contributed by atoms with van der Waals surface area (Å²) >= 11 is 0. The molecule has 1 fully saturated rings. The Morgan fingerprint density at radius 3 is 2.72 bits per heavy atom. The Kier molecular flexibility index (Phi) is 6.53. The van der Waals surface area contributed by atoms with E-state index in [2.05, 4.69) is 15.2 Å². The van der Waals surface area contributed by atoms with Crippen molar-refractivity contribution in [3.05, 3.63) is 58.8 Å². The third-order valence-corrected chi connectivity index (χ3v) is 4.81. The Hall–Kier alpha value is -2.87. The van der Waals surface area contributed by atoms with Crippen LogP contribution < -0.4 is 5.32 Å². The second-order valence-electron chi connectivity index (χ2n) is 6.97. The van der Waals surface area contributed by atoms with E-state index in [1.165, 1.54) is 19.2 Å². The zero-order valence-corrected chi connectivity index (χ0v) is 17.1. The second kappa shape index (κ2) is 9.09. The molecule has 2 aromatic rings. The summed E-state index contributed by atoms with van der Waals surface area (Å²) in [6, 6.07) is 8.03. The lowest BCUT2D eigenvalue weighted by Crippen LogP contribution is -2.50. The summed E-state index contributed by atoms with van der Waals surface area (Å²) in [7, 11) is 3.05. The highest BCUT2D eigenvalue weighted by atomic mass is 19.1. The molecule has 1 aliphatic rings. The Labute approximate surface area is 169 Å². The fourth-order valence-electron chi connectivity index (χ4n) is 3.43. The first-order valence-corrected chi connectivity index (χ1v) is 9.45. The number of ether oxygens (including phenoxy) is 2. The van der Waals surface area contributed by atoms with Gasteiger partial charge in [0.25, 0.3) is 0 Å². The molecule has 2 unspecified atom stereocenters. The number of nitrogens with zero attached hydrogens (tertiary/aromatic N) is 2. The second-order valence-corrected chi connectivity index (χ2v) is 6.97. The molecule has 1 aromatic heterocycles. The van der Waals surface area contributed by atoms with E-state index in [0.29, 0.717) is 42.7 Å². The van der Waals surface area contributed by atoms with Crippen LogP contribution in [0.5, 0.6) is 0 Å². The van der Waals surface area contributed by atoms with Crippen LogP contribution in [-0.2, 0) is 16.0 Å². The number of morpholine rings is 1. The number of halogens is 1. The molecule has 0 saturated carbocycles. The van der Waals surface area contributed by atoms with Crippen molar-refractivity contribution >= 4 is 11.9 Å². The molecule has 0 amide bonds. The number of rotatable bonds is 4. The SMILES string of the molecule is CN=C(NCc1cc(C(=O)OC)c(C)o1)N1CC(C)OC(c2ccc(F)cc2)C1. The zero-order chi connectivity index (χ0) is 21.0. The summed E-state index contributed by atoms with van der Waals surface area (Å²) in [4.78, 5) is 18.2. The van der Waals surface area contributed by atoms with Gasteiger partial charge in [0.1, 0.15) is 29.0 Å². The lowest BCUT2D eigenvalue weighted by atomic mass is 10.1. The number of aliphatic imine (C=N–C) groups is 1. The van der Waals surface area contributed by atoms with Gasteiger partial charge < -0.3 is 24.1 Å². The molecule has 2 heterocycles. The quantitative estimate of drug-likeness (QED) is 0.480. The predicted molar refractivity (Wildman–Crippen MR) is 106 cm³/mol. The van der Waals surface area contributed by atoms with Gasteiger partial charge in [0.15, 0.2) is 5.96 Å². The van der Waals surface area contributed by atoms with Gasteiger partial charge in [0.2, 0.25) is 0 Å². The number of furan rings is 1. The zero-order valence-electron chi connectivity index (χ0n) is 17.1. The topological polar surface area (TPSA) is 76.3 Å². The Bertz CT molecular complexity index is 879. The molecule has 1 aromatic carbocycles. The first-order chi connectivity index (χ1) is 13.9. The smallest absolute Gasteiger partial charge is 0.341 e. The van der Waals surface area contributed by atoms with Crippen LogP contribution in [0.15, 0.2) is 39.7 Å². The van der Waals surface area contributed by atoms with Gasteiger partial charge in [-0.3, -0.25) is 4.99 Å². The summed E-state index contributed by atoms with van der Waals surface area (Å²) in [6.45, 7) is 5.34. The number of aryl methyl sites for hydroxylation is 1. The summed E-state index contributed by atoms with van der Waals surface area (Å²) < 4.78 is 29.7. The highest BCUT2D eigenvalue weighted by molar-refractivity contribution is 5.90. The van der Waals surface area contributed by atoms with Crippen molar-refractivity contribution in [2.45, 2.75) is 32.6 Å². The highest BCUT2D eigenvalue weighted by Gasteiger charge is 2.28. The molecule has 1 aliphatic heterocycles. The number of esters is 1. The van der Waals surface area contributed by atoms with E-state index in [9.17, 15) is 9.18 Å². The van der Waals surface area contributed by atoms with E-state index in [1.807, 2.05) is 6.92 Å². The van der Waals surface area contributed by atoms with Gasteiger partial charge in [-0.1, -0.05) is 12.1 Å². The van der Waals surface area contributed by atoms with Crippen molar-refractivity contribution < 1.29 is 23.1 Å².